The van der Waals surface area contributed by atoms with E-state index in [0.717, 1.165) is 0 Å². The molecule has 0 aromatic rings. The summed E-state index contributed by atoms with van der Waals surface area (Å²) in [4.78, 5) is 29.3. The minimum absolute atomic E-state index is 0.234. The SMILES string of the molecule is O=C(O)/C=[P+](\[O-])C(=O)O. The van der Waals surface area contributed by atoms with Gasteiger partial charge in [0.05, 0.1) is 0 Å². The molecule has 9 heavy (non-hydrogen) atoms. The van der Waals surface area contributed by atoms with Crippen LogP contribution < -0.4 is 4.89 Å². The van der Waals surface area contributed by atoms with Crippen molar-refractivity contribution in [2.45, 2.75) is 0 Å². The summed E-state index contributed by atoms with van der Waals surface area (Å²) in [6, 6.07) is 0. The van der Waals surface area contributed by atoms with Gasteiger partial charge in [0.2, 0.25) is 5.80 Å². The van der Waals surface area contributed by atoms with Gasteiger partial charge in [0.15, 0.2) is 7.77 Å². The van der Waals surface area contributed by atoms with Crippen LogP contribution in [0, 0.1) is 0 Å². The maximum Gasteiger partial charge on any atom is 0.504 e. The van der Waals surface area contributed by atoms with Gasteiger partial charge in [-0.2, -0.15) is 4.79 Å². The van der Waals surface area contributed by atoms with Crippen LogP contribution in [0.4, 0.5) is 4.79 Å². The Morgan fingerprint density at radius 2 is 1.89 bits per heavy atom. The van der Waals surface area contributed by atoms with Gasteiger partial charge in [-0.15, -0.1) is 0 Å². The first kappa shape index (κ1) is 8.07. The summed E-state index contributed by atoms with van der Waals surface area (Å²) in [7, 11) is -2.74. The second-order valence-electron chi connectivity index (χ2n) is 1.08. The zero-order valence-electron chi connectivity index (χ0n) is 4.14. The molecule has 0 rings (SSSR count). The first-order valence-electron chi connectivity index (χ1n) is 1.81. The fourth-order valence-electron chi connectivity index (χ4n) is 0.156. The van der Waals surface area contributed by atoms with Gasteiger partial charge in [0.1, 0.15) is 0 Å². The third-order valence-electron chi connectivity index (χ3n) is 0.416. The van der Waals surface area contributed by atoms with E-state index in [1.807, 2.05) is 0 Å². The van der Waals surface area contributed by atoms with Crippen LogP contribution in [0.25, 0.3) is 0 Å². The smallest absolute Gasteiger partial charge is 0.504 e. The molecule has 0 aliphatic rings. The summed E-state index contributed by atoms with van der Waals surface area (Å²) in [6.07, 6.45) is 0. The monoisotopic (exact) mass is 150 g/mol. The van der Waals surface area contributed by atoms with E-state index < -0.39 is 19.5 Å². The predicted octanol–water partition coefficient (Wildman–Crippen LogP) is -0.692. The molecule has 0 heterocycles. The Balaban J connectivity index is 4.17. The fourth-order valence-corrected chi connectivity index (χ4v) is 0.467. The third kappa shape index (κ3) is 3.64. The molecule has 0 saturated carbocycles. The lowest BCUT2D eigenvalue weighted by Gasteiger charge is -1.83. The van der Waals surface area contributed by atoms with Crippen molar-refractivity contribution in [3.63, 3.8) is 0 Å². The number of hydrogen-bond donors (Lipinski definition) is 2. The Bertz CT molecular complexity index is 171. The third-order valence-corrected chi connectivity index (χ3v) is 1.25. The summed E-state index contributed by atoms with van der Waals surface area (Å²) in [6.45, 7) is 0. The molecular weight excluding hydrogens is 147 g/mol. The van der Waals surface area contributed by atoms with Crippen molar-refractivity contribution in [2.75, 3.05) is 0 Å². The molecule has 0 fully saturated rings. The molecule has 0 aromatic carbocycles. The Morgan fingerprint density at radius 3 is 2.00 bits per heavy atom. The highest BCUT2D eigenvalue weighted by atomic mass is 31.1. The van der Waals surface area contributed by atoms with Gasteiger partial charge in [-0.3, -0.25) is 0 Å². The van der Waals surface area contributed by atoms with Crippen LogP contribution in [0.2, 0.25) is 0 Å². The molecule has 0 amide bonds. The van der Waals surface area contributed by atoms with Crippen molar-refractivity contribution in [2.24, 2.45) is 0 Å². The van der Waals surface area contributed by atoms with Crippen molar-refractivity contribution >= 4 is 25.2 Å². The molecule has 1 atom stereocenters. The van der Waals surface area contributed by atoms with Crippen molar-refractivity contribution in [3.8, 4) is 0 Å². The Morgan fingerprint density at radius 1 is 1.44 bits per heavy atom. The summed E-state index contributed by atoms with van der Waals surface area (Å²) < 4.78 is 0. The van der Waals surface area contributed by atoms with Crippen LogP contribution in [-0.2, 0) is 4.79 Å². The average molecular weight is 150 g/mol. The van der Waals surface area contributed by atoms with E-state index in [2.05, 4.69) is 0 Å². The zero-order valence-corrected chi connectivity index (χ0v) is 5.04. The molecule has 0 radical (unpaired) electrons. The minimum Gasteiger partial charge on any atom is -0.620 e. The minimum atomic E-state index is -2.74. The lowest BCUT2D eigenvalue weighted by Crippen LogP contribution is -2.04. The fraction of sp³-hybridized carbons (Fsp3) is 0. The summed E-state index contributed by atoms with van der Waals surface area (Å²) in [5.74, 6) is -1.25. The van der Waals surface area contributed by atoms with Gasteiger partial charge < -0.3 is 15.1 Å². The second kappa shape index (κ2) is 3.17. The highest BCUT2D eigenvalue weighted by molar-refractivity contribution is 7.68. The molecule has 5 nitrogen and oxygen atoms in total. The molecule has 6 heteroatoms. The van der Waals surface area contributed by atoms with Crippen LogP contribution in [0.15, 0.2) is 0 Å². The van der Waals surface area contributed by atoms with E-state index in [0.29, 0.717) is 0 Å². The highest BCUT2D eigenvalue weighted by Crippen LogP contribution is 2.07. The van der Waals surface area contributed by atoms with Gasteiger partial charge in [-0.05, 0) is 0 Å². The first-order chi connectivity index (χ1) is 4.04. The zero-order chi connectivity index (χ0) is 7.44. The normalized spacial score (nSPS) is 11.0. The van der Waals surface area contributed by atoms with Crippen LogP contribution in [-0.4, -0.2) is 27.7 Å². The first-order valence-corrected chi connectivity index (χ1v) is 3.14. The van der Waals surface area contributed by atoms with Crippen LogP contribution in [0.5, 0.6) is 0 Å². The van der Waals surface area contributed by atoms with E-state index >= 15 is 0 Å². The quantitative estimate of drug-likeness (QED) is 0.507. The summed E-state index contributed by atoms with van der Waals surface area (Å²) in [5, 5.41) is 15.7. The molecule has 0 aliphatic heterocycles. The molecule has 50 valence electrons. The Hall–Kier alpha value is -0.930. The van der Waals surface area contributed by atoms with Crippen molar-refractivity contribution in [1.29, 1.82) is 0 Å². The van der Waals surface area contributed by atoms with Crippen LogP contribution in [0.1, 0.15) is 0 Å². The molecular formula is C3H3O5P. The van der Waals surface area contributed by atoms with E-state index in [1.165, 1.54) is 0 Å². The van der Waals surface area contributed by atoms with Crippen LogP contribution >= 0.6 is 7.77 Å². The second-order valence-corrected chi connectivity index (χ2v) is 2.37. The van der Waals surface area contributed by atoms with Gasteiger partial charge in [-0.1, -0.05) is 0 Å². The number of carboxylic acids is 1. The molecule has 1 unspecified atom stereocenters. The molecule has 2 N–H and O–H groups in total. The summed E-state index contributed by atoms with van der Waals surface area (Å²) >= 11 is 0. The molecule has 0 aromatic heterocycles. The van der Waals surface area contributed by atoms with Gasteiger partial charge in [-0.25, -0.2) is 4.79 Å². The highest BCUT2D eigenvalue weighted by Gasteiger charge is 2.09. The van der Waals surface area contributed by atoms with E-state index in [-0.39, 0.29) is 5.80 Å². The molecule has 0 saturated heterocycles. The Kier molecular flexibility index (Phi) is 2.84. The summed E-state index contributed by atoms with van der Waals surface area (Å²) in [5.41, 5.74) is -1.62. The van der Waals surface area contributed by atoms with Gasteiger partial charge in [0.25, 0.3) is 0 Å². The van der Waals surface area contributed by atoms with Crippen molar-refractivity contribution in [3.05, 3.63) is 0 Å². The number of hydrogen-bond acceptors (Lipinski definition) is 3. The van der Waals surface area contributed by atoms with Gasteiger partial charge >= 0.3 is 11.7 Å². The lowest BCUT2D eigenvalue weighted by molar-refractivity contribution is -0.151. The molecule has 0 aliphatic carbocycles. The molecule has 0 spiro atoms. The van der Waals surface area contributed by atoms with Crippen molar-refractivity contribution in [1.82, 2.24) is 0 Å². The number of aliphatic carboxylic acids is 1. The molecule has 0 bridgehead atoms. The topological polar surface area (TPSA) is 97.7 Å². The number of carbonyl (C=O) groups is 2. The predicted molar refractivity (Wildman–Crippen MR) is 28.6 cm³/mol. The lowest BCUT2D eigenvalue weighted by atomic mass is 10.8. The van der Waals surface area contributed by atoms with Crippen molar-refractivity contribution < 1.29 is 24.7 Å². The maximum atomic E-state index is 10.1. The maximum absolute atomic E-state index is 10.1. The Labute approximate surface area is 51.0 Å². The largest absolute Gasteiger partial charge is 0.620 e. The average Bonchev–Trinajstić information content (AvgIpc) is 1.63. The van der Waals surface area contributed by atoms with E-state index in [1.54, 1.807) is 0 Å². The number of carboxylic acid groups (broad SMARTS) is 2. The number of rotatable bonds is 2. The van der Waals surface area contributed by atoms with Crippen LogP contribution in [0.3, 0.4) is 0 Å². The van der Waals surface area contributed by atoms with E-state index in [9.17, 15) is 14.5 Å². The van der Waals surface area contributed by atoms with E-state index in [4.69, 9.17) is 10.2 Å². The standard InChI is InChI=1S/C3H3O5P/c4-2(5)1-9(8)3(6)7/h1H,(H,4,5)(H,6,7). The van der Waals surface area contributed by atoms with Gasteiger partial charge in [0, 0.05) is 0 Å².